The van der Waals surface area contributed by atoms with Crippen LogP contribution >= 0.6 is 27.3 Å². The fourth-order valence-corrected chi connectivity index (χ4v) is 3.19. The number of halogens is 1. The molecule has 0 bridgehead atoms. The standard InChI is InChI=1S/C14H11BrN2O4S/c1-7-5-9(8(2)20-7)14(18)19-6-12-16-17-13(21-12)10-3-4-11(15)22-10/h3-5H,6H2,1-2H3. The summed E-state index contributed by atoms with van der Waals surface area (Å²) >= 11 is 4.85. The number of esters is 1. The first-order valence-corrected chi connectivity index (χ1v) is 7.96. The van der Waals surface area contributed by atoms with Crippen LogP contribution in [-0.4, -0.2) is 16.2 Å². The van der Waals surface area contributed by atoms with E-state index in [-0.39, 0.29) is 12.5 Å². The van der Waals surface area contributed by atoms with Gasteiger partial charge in [-0.05, 0) is 48.0 Å². The van der Waals surface area contributed by atoms with Gasteiger partial charge >= 0.3 is 5.97 Å². The second-order valence-electron chi connectivity index (χ2n) is 4.51. The molecule has 0 aliphatic carbocycles. The molecule has 0 N–H and O–H groups in total. The first-order valence-electron chi connectivity index (χ1n) is 6.35. The molecule has 114 valence electrons. The van der Waals surface area contributed by atoms with Crippen molar-refractivity contribution >= 4 is 33.2 Å². The van der Waals surface area contributed by atoms with Crippen LogP contribution in [0.25, 0.3) is 10.8 Å². The Morgan fingerprint density at radius 1 is 1.32 bits per heavy atom. The molecule has 3 rings (SSSR count). The third-order valence-electron chi connectivity index (χ3n) is 2.84. The van der Waals surface area contributed by atoms with E-state index in [2.05, 4.69) is 26.1 Å². The van der Waals surface area contributed by atoms with E-state index < -0.39 is 5.97 Å². The molecule has 0 atom stereocenters. The number of ether oxygens (including phenoxy) is 1. The monoisotopic (exact) mass is 382 g/mol. The summed E-state index contributed by atoms with van der Waals surface area (Å²) in [6.45, 7) is 3.40. The third-order valence-corrected chi connectivity index (χ3v) is 4.45. The quantitative estimate of drug-likeness (QED) is 0.631. The highest BCUT2D eigenvalue weighted by Gasteiger charge is 2.17. The summed E-state index contributed by atoms with van der Waals surface area (Å²) in [5.41, 5.74) is 0.402. The molecule has 0 saturated heterocycles. The zero-order valence-corrected chi connectivity index (χ0v) is 14.2. The van der Waals surface area contributed by atoms with Crippen LogP contribution in [0.2, 0.25) is 0 Å². The number of aryl methyl sites for hydroxylation is 2. The highest BCUT2D eigenvalue weighted by molar-refractivity contribution is 9.11. The third kappa shape index (κ3) is 3.12. The highest BCUT2D eigenvalue weighted by atomic mass is 79.9. The van der Waals surface area contributed by atoms with Gasteiger partial charge in [-0.25, -0.2) is 4.79 Å². The smallest absolute Gasteiger partial charge is 0.342 e. The minimum absolute atomic E-state index is 0.0813. The second-order valence-corrected chi connectivity index (χ2v) is 6.97. The Morgan fingerprint density at radius 2 is 2.14 bits per heavy atom. The number of carbonyl (C=O) groups excluding carboxylic acids is 1. The molecule has 0 aliphatic heterocycles. The van der Waals surface area contributed by atoms with Crippen molar-refractivity contribution in [2.75, 3.05) is 0 Å². The average Bonchev–Trinajstić information content (AvgIpc) is 3.16. The van der Waals surface area contributed by atoms with Crippen molar-refractivity contribution in [3.05, 3.63) is 45.0 Å². The number of rotatable bonds is 4. The molecule has 3 heterocycles. The molecular formula is C14H11BrN2O4S. The van der Waals surface area contributed by atoms with Crippen molar-refractivity contribution < 1.29 is 18.4 Å². The summed E-state index contributed by atoms with van der Waals surface area (Å²) in [6.07, 6.45) is 0. The van der Waals surface area contributed by atoms with Crippen molar-refractivity contribution in [2.45, 2.75) is 20.5 Å². The van der Waals surface area contributed by atoms with Crippen molar-refractivity contribution in [1.82, 2.24) is 10.2 Å². The van der Waals surface area contributed by atoms with E-state index in [1.54, 1.807) is 19.9 Å². The lowest BCUT2D eigenvalue weighted by Crippen LogP contribution is -2.05. The van der Waals surface area contributed by atoms with Gasteiger partial charge in [-0.15, -0.1) is 21.5 Å². The number of furan rings is 1. The first-order chi connectivity index (χ1) is 10.5. The number of thiophene rings is 1. The average molecular weight is 383 g/mol. The lowest BCUT2D eigenvalue weighted by atomic mass is 10.2. The summed E-state index contributed by atoms with van der Waals surface area (Å²) in [5, 5.41) is 7.80. The minimum Gasteiger partial charge on any atom is -0.466 e. The van der Waals surface area contributed by atoms with Crippen LogP contribution in [-0.2, 0) is 11.3 Å². The van der Waals surface area contributed by atoms with Crippen molar-refractivity contribution in [2.24, 2.45) is 0 Å². The zero-order valence-electron chi connectivity index (χ0n) is 11.8. The number of hydrogen-bond donors (Lipinski definition) is 0. The van der Waals surface area contributed by atoms with E-state index in [1.165, 1.54) is 11.3 Å². The SMILES string of the molecule is Cc1cc(C(=O)OCc2nnc(-c3ccc(Br)s3)o2)c(C)o1. The maximum atomic E-state index is 12.0. The molecule has 0 saturated carbocycles. The zero-order chi connectivity index (χ0) is 15.7. The van der Waals surface area contributed by atoms with E-state index in [0.717, 1.165) is 8.66 Å². The number of aromatic nitrogens is 2. The molecule has 3 aromatic rings. The molecule has 0 radical (unpaired) electrons. The van der Waals surface area contributed by atoms with E-state index in [4.69, 9.17) is 13.6 Å². The molecule has 0 spiro atoms. The molecule has 0 aliphatic rings. The van der Waals surface area contributed by atoms with Gasteiger partial charge in [-0.2, -0.15) is 0 Å². The van der Waals surface area contributed by atoms with Crippen LogP contribution in [0.15, 0.2) is 30.8 Å². The first kappa shape index (κ1) is 15.0. The fraction of sp³-hybridized carbons (Fsp3) is 0.214. The lowest BCUT2D eigenvalue weighted by Gasteiger charge is -1.99. The van der Waals surface area contributed by atoms with Gasteiger partial charge in [0.25, 0.3) is 11.8 Å². The molecule has 3 aromatic heterocycles. The van der Waals surface area contributed by atoms with E-state index >= 15 is 0 Å². The van der Waals surface area contributed by atoms with Crippen LogP contribution in [0.1, 0.15) is 27.8 Å². The molecule has 0 unspecified atom stereocenters. The van der Waals surface area contributed by atoms with Crippen LogP contribution in [0.5, 0.6) is 0 Å². The maximum Gasteiger partial charge on any atom is 0.342 e. The fourth-order valence-electron chi connectivity index (χ4n) is 1.88. The largest absolute Gasteiger partial charge is 0.466 e. The topological polar surface area (TPSA) is 78.4 Å². The number of hydrogen-bond acceptors (Lipinski definition) is 7. The van der Waals surface area contributed by atoms with Crippen LogP contribution in [0.3, 0.4) is 0 Å². The molecule has 8 heteroatoms. The highest BCUT2D eigenvalue weighted by Crippen LogP contribution is 2.30. The summed E-state index contributed by atoms with van der Waals surface area (Å²) < 4.78 is 16.9. The summed E-state index contributed by atoms with van der Waals surface area (Å²) in [6, 6.07) is 5.41. The van der Waals surface area contributed by atoms with Crippen LogP contribution in [0.4, 0.5) is 0 Å². The van der Waals surface area contributed by atoms with Crippen molar-refractivity contribution in [3.8, 4) is 10.8 Å². The van der Waals surface area contributed by atoms with Gasteiger partial charge in [0.15, 0.2) is 6.61 Å². The van der Waals surface area contributed by atoms with Crippen molar-refractivity contribution in [1.29, 1.82) is 0 Å². The van der Waals surface area contributed by atoms with Gasteiger partial charge in [-0.3, -0.25) is 0 Å². The van der Waals surface area contributed by atoms with Crippen molar-refractivity contribution in [3.63, 3.8) is 0 Å². The lowest BCUT2D eigenvalue weighted by molar-refractivity contribution is 0.0436. The van der Waals surface area contributed by atoms with E-state index in [1.807, 2.05) is 12.1 Å². The molecule has 0 fully saturated rings. The maximum absolute atomic E-state index is 12.0. The predicted octanol–water partition coefficient (Wildman–Crippen LogP) is 4.13. The number of carbonyl (C=O) groups is 1. The van der Waals surface area contributed by atoms with E-state index in [9.17, 15) is 4.79 Å². The second kappa shape index (κ2) is 6.05. The van der Waals surface area contributed by atoms with Crippen LogP contribution < -0.4 is 0 Å². The Bertz CT molecular complexity index is 821. The summed E-state index contributed by atoms with van der Waals surface area (Å²) in [7, 11) is 0. The number of nitrogens with zero attached hydrogens (tertiary/aromatic N) is 2. The minimum atomic E-state index is -0.479. The van der Waals surface area contributed by atoms with Gasteiger partial charge in [-0.1, -0.05) is 0 Å². The summed E-state index contributed by atoms with van der Waals surface area (Å²) in [4.78, 5) is 12.8. The van der Waals surface area contributed by atoms with Crippen LogP contribution in [0, 0.1) is 13.8 Å². The Morgan fingerprint density at radius 3 is 2.77 bits per heavy atom. The molecule has 22 heavy (non-hydrogen) atoms. The van der Waals surface area contributed by atoms with Gasteiger partial charge < -0.3 is 13.6 Å². The Kier molecular flexibility index (Phi) is 4.12. The predicted molar refractivity (Wildman–Crippen MR) is 82.6 cm³/mol. The Balaban J connectivity index is 1.66. The van der Waals surface area contributed by atoms with Gasteiger partial charge in [0.1, 0.15) is 17.1 Å². The normalized spacial score (nSPS) is 10.9. The van der Waals surface area contributed by atoms with Gasteiger partial charge in [0, 0.05) is 0 Å². The molecule has 0 aromatic carbocycles. The van der Waals surface area contributed by atoms with E-state index in [0.29, 0.717) is 23.0 Å². The van der Waals surface area contributed by atoms with Gasteiger partial charge in [0.05, 0.1) is 8.66 Å². The summed E-state index contributed by atoms with van der Waals surface area (Å²) in [5.74, 6) is 1.35. The molecular weight excluding hydrogens is 372 g/mol. The Hall–Kier alpha value is -1.93. The molecule has 6 nitrogen and oxygen atoms in total. The van der Waals surface area contributed by atoms with Gasteiger partial charge in [0.2, 0.25) is 0 Å². The molecule has 0 amide bonds. The Labute approximate surface area is 138 Å².